The number of carbonyl (C=O) groups excluding carboxylic acids is 3. The predicted molar refractivity (Wildman–Crippen MR) is 81.5 cm³/mol. The summed E-state index contributed by atoms with van der Waals surface area (Å²) in [4.78, 5) is 37.8. The summed E-state index contributed by atoms with van der Waals surface area (Å²) in [6.07, 6.45) is 1.27. The molecular weight excluding hydrogens is 284 g/mol. The van der Waals surface area contributed by atoms with Crippen LogP contribution in [0.1, 0.15) is 27.8 Å². The lowest BCUT2D eigenvalue weighted by Gasteiger charge is -2.08. The molecule has 0 aliphatic rings. The monoisotopic (exact) mass is 298 g/mol. The SMILES string of the molecule is CC(=O)Nc1cccc(NC(=O)c2ccc(C(N)=O)nc2)c1. The number of nitrogens with one attached hydrogen (secondary N) is 2. The van der Waals surface area contributed by atoms with E-state index in [0.717, 1.165) is 0 Å². The van der Waals surface area contributed by atoms with Crippen LogP contribution in [0.25, 0.3) is 0 Å². The van der Waals surface area contributed by atoms with Crippen LogP contribution in [0, 0.1) is 0 Å². The highest BCUT2D eigenvalue weighted by Gasteiger charge is 2.09. The average Bonchev–Trinajstić information content (AvgIpc) is 2.47. The predicted octanol–water partition coefficient (Wildman–Crippen LogP) is 1.39. The maximum atomic E-state index is 12.1. The molecule has 112 valence electrons. The molecule has 0 bridgehead atoms. The zero-order valence-electron chi connectivity index (χ0n) is 11.8. The lowest BCUT2D eigenvalue weighted by molar-refractivity contribution is -0.114. The van der Waals surface area contributed by atoms with E-state index in [-0.39, 0.29) is 23.1 Å². The van der Waals surface area contributed by atoms with Gasteiger partial charge in [-0.3, -0.25) is 19.4 Å². The van der Waals surface area contributed by atoms with Crippen molar-refractivity contribution in [1.82, 2.24) is 4.98 Å². The van der Waals surface area contributed by atoms with Crippen molar-refractivity contribution in [3.63, 3.8) is 0 Å². The van der Waals surface area contributed by atoms with Crippen molar-refractivity contribution in [2.45, 2.75) is 6.92 Å². The second-order valence-corrected chi connectivity index (χ2v) is 4.51. The molecule has 22 heavy (non-hydrogen) atoms. The number of carbonyl (C=O) groups is 3. The van der Waals surface area contributed by atoms with Gasteiger partial charge in [0.2, 0.25) is 5.91 Å². The van der Waals surface area contributed by atoms with Crippen LogP contribution in [-0.4, -0.2) is 22.7 Å². The van der Waals surface area contributed by atoms with E-state index in [4.69, 9.17) is 5.73 Å². The molecule has 0 aliphatic heterocycles. The van der Waals surface area contributed by atoms with E-state index in [1.807, 2.05) is 0 Å². The number of hydrogen-bond acceptors (Lipinski definition) is 4. The van der Waals surface area contributed by atoms with Crippen LogP contribution in [-0.2, 0) is 4.79 Å². The number of primary amides is 1. The molecule has 0 spiro atoms. The number of hydrogen-bond donors (Lipinski definition) is 3. The van der Waals surface area contributed by atoms with Crippen LogP contribution >= 0.6 is 0 Å². The Labute approximate surface area is 126 Å². The fourth-order valence-corrected chi connectivity index (χ4v) is 1.76. The molecule has 2 rings (SSSR count). The van der Waals surface area contributed by atoms with Crippen LogP contribution in [0.15, 0.2) is 42.6 Å². The molecule has 1 aromatic carbocycles. The minimum atomic E-state index is -0.657. The summed E-state index contributed by atoms with van der Waals surface area (Å²) in [5, 5.41) is 5.30. The minimum Gasteiger partial charge on any atom is -0.364 e. The molecule has 2 aromatic rings. The number of pyridine rings is 1. The van der Waals surface area contributed by atoms with Gasteiger partial charge in [0, 0.05) is 24.5 Å². The molecule has 0 radical (unpaired) electrons. The van der Waals surface area contributed by atoms with E-state index in [2.05, 4.69) is 15.6 Å². The summed E-state index contributed by atoms with van der Waals surface area (Å²) in [5.74, 6) is -1.24. The fraction of sp³-hybridized carbons (Fsp3) is 0.0667. The Morgan fingerprint density at radius 3 is 2.27 bits per heavy atom. The zero-order chi connectivity index (χ0) is 16.1. The molecule has 1 aromatic heterocycles. The summed E-state index contributed by atoms with van der Waals surface area (Å²) in [7, 11) is 0. The second-order valence-electron chi connectivity index (χ2n) is 4.51. The Hall–Kier alpha value is -3.22. The van der Waals surface area contributed by atoms with Crippen molar-refractivity contribution in [2.24, 2.45) is 5.73 Å². The van der Waals surface area contributed by atoms with Gasteiger partial charge in [0.25, 0.3) is 11.8 Å². The fourth-order valence-electron chi connectivity index (χ4n) is 1.76. The Kier molecular flexibility index (Phi) is 4.47. The average molecular weight is 298 g/mol. The van der Waals surface area contributed by atoms with Gasteiger partial charge in [0.15, 0.2) is 0 Å². The minimum absolute atomic E-state index is 0.0872. The third-order valence-electron chi connectivity index (χ3n) is 2.72. The molecule has 0 saturated heterocycles. The maximum absolute atomic E-state index is 12.1. The molecule has 0 saturated carbocycles. The Balaban J connectivity index is 2.11. The van der Waals surface area contributed by atoms with Gasteiger partial charge in [-0.25, -0.2) is 0 Å². The molecule has 4 N–H and O–H groups in total. The van der Waals surface area contributed by atoms with Crippen molar-refractivity contribution in [2.75, 3.05) is 10.6 Å². The molecule has 3 amide bonds. The lowest BCUT2D eigenvalue weighted by Crippen LogP contribution is -2.16. The summed E-state index contributed by atoms with van der Waals surface area (Å²) < 4.78 is 0. The number of aromatic nitrogens is 1. The highest BCUT2D eigenvalue weighted by molar-refractivity contribution is 6.04. The van der Waals surface area contributed by atoms with Crippen molar-refractivity contribution >= 4 is 29.1 Å². The largest absolute Gasteiger partial charge is 0.364 e. The van der Waals surface area contributed by atoms with E-state index in [0.29, 0.717) is 11.4 Å². The summed E-state index contributed by atoms with van der Waals surface area (Å²) in [6, 6.07) is 9.57. The lowest BCUT2D eigenvalue weighted by atomic mass is 10.2. The van der Waals surface area contributed by atoms with Gasteiger partial charge >= 0.3 is 0 Å². The molecule has 7 heteroatoms. The van der Waals surface area contributed by atoms with Gasteiger partial charge < -0.3 is 16.4 Å². The Bertz CT molecular complexity index is 726. The van der Waals surface area contributed by atoms with E-state index >= 15 is 0 Å². The maximum Gasteiger partial charge on any atom is 0.267 e. The van der Waals surface area contributed by atoms with Gasteiger partial charge in [-0.1, -0.05) is 6.07 Å². The van der Waals surface area contributed by atoms with Crippen LogP contribution < -0.4 is 16.4 Å². The first-order valence-electron chi connectivity index (χ1n) is 6.40. The second kappa shape index (κ2) is 6.49. The van der Waals surface area contributed by atoms with E-state index in [9.17, 15) is 14.4 Å². The Morgan fingerprint density at radius 2 is 1.73 bits per heavy atom. The van der Waals surface area contributed by atoms with E-state index in [1.54, 1.807) is 24.3 Å². The summed E-state index contributed by atoms with van der Waals surface area (Å²) in [5.41, 5.74) is 6.56. The smallest absolute Gasteiger partial charge is 0.267 e. The van der Waals surface area contributed by atoms with Gasteiger partial charge in [-0.05, 0) is 30.3 Å². The van der Waals surface area contributed by atoms with Gasteiger partial charge in [0.05, 0.1) is 5.56 Å². The highest BCUT2D eigenvalue weighted by Crippen LogP contribution is 2.16. The Morgan fingerprint density at radius 1 is 1.05 bits per heavy atom. The molecule has 7 nitrogen and oxygen atoms in total. The van der Waals surface area contributed by atoms with Gasteiger partial charge in [-0.2, -0.15) is 0 Å². The molecule has 0 fully saturated rings. The molecule has 0 atom stereocenters. The van der Waals surface area contributed by atoms with Crippen molar-refractivity contribution in [3.8, 4) is 0 Å². The number of anilines is 2. The summed E-state index contributed by atoms with van der Waals surface area (Å²) in [6.45, 7) is 1.40. The highest BCUT2D eigenvalue weighted by atomic mass is 16.2. The number of nitrogens with zero attached hydrogens (tertiary/aromatic N) is 1. The zero-order valence-corrected chi connectivity index (χ0v) is 11.8. The normalized spacial score (nSPS) is 9.86. The molecule has 0 aliphatic carbocycles. The number of benzene rings is 1. The van der Waals surface area contributed by atoms with Gasteiger partial charge in [0.1, 0.15) is 5.69 Å². The summed E-state index contributed by atoms with van der Waals surface area (Å²) >= 11 is 0. The quantitative estimate of drug-likeness (QED) is 0.791. The third kappa shape index (κ3) is 3.89. The van der Waals surface area contributed by atoms with Crippen molar-refractivity contribution < 1.29 is 14.4 Å². The first-order chi connectivity index (χ1) is 10.5. The van der Waals surface area contributed by atoms with Crippen LogP contribution in [0.2, 0.25) is 0 Å². The first-order valence-corrected chi connectivity index (χ1v) is 6.40. The number of amides is 3. The van der Waals surface area contributed by atoms with Gasteiger partial charge in [-0.15, -0.1) is 0 Å². The number of rotatable bonds is 4. The molecule has 1 heterocycles. The van der Waals surface area contributed by atoms with Crippen molar-refractivity contribution in [1.29, 1.82) is 0 Å². The van der Waals surface area contributed by atoms with Crippen LogP contribution in [0.4, 0.5) is 11.4 Å². The first kappa shape index (κ1) is 15.2. The standard InChI is InChI=1S/C15H14N4O3/c1-9(20)18-11-3-2-4-12(7-11)19-15(22)10-5-6-13(14(16)21)17-8-10/h2-8H,1H3,(H2,16,21)(H,18,20)(H,19,22). The van der Waals surface area contributed by atoms with E-state index in [1.165, 1.54) is 25.3 Å². The van der Waals surface area contributed by atoms with Crippen LogP contribution in [0.5, 0.6) is 0 Å². The van der Waals surface area contributed by atoms with Crippen LogP contribution in [0.3, 0.4) is 0 Å². The third-order valence-corrected chi connectivity index (χ3v) is 2.72. The number of nitrogens with two attached hydrogens (primary N) is 1. The van der Waals surface area contributed by atoms with E-state index < -0.39 is 5.91 Å². The molecular formula is C15H14N4O3. The molecule has 0 unspecified atom stereocenters. The topological polar surface area (TPSA) is 114 Å². The van der Waals surface area contributed by atoms with Crippen molar-refractivity contribution in [3.05, 3.63) is 53.9 Å².